The summed E-state index contributed by atoms with van der Waals surface area (Å²) in [7, 11) is 2.12. The monoisotopic (exact) mass is 309 g/mol. The number of benzene rings is 1. The maximum Gasteiger partial charge on any atom is 0.0642 e. The molecule has 2 rings (SSSR count). The van der Waals surface area contributed by atoms with Gasteiger partial charge in [-0.2, -0.15) is 0 Å². The third kappa shape index (κ3) is 4.87. The highest BCUT2D eigenvalue weighted by molar-refractivity contribution is 6.33. The third-order valence-corrected chi connectivity index (χ3v) is 4.70. The minimum atomic E-state index is 0.222. The van der Waals surface area contributed by atoms with Gasteiger partial charge in [-0.3, -0.25) is 0 Å². The number of anilines is 1. The van der Waals surface area contributed by atoms with Gasteiger partial charge in [0.1, 0.15) is 0 Å². The van der Waals surface area contributed by atoms with Crippen LogP contribution in [0.15, 0.2) is 18.2 Å². The highest BCUT2D eigenvalue weighted by atomic mass is 35.5. The molecule has 1 fully saturated rings. The van der Waals surface area contributed by atoms with E-state index in [4.69, 9.17) is 17.3 Å². The Labute approximate surface area is 134 Å². The molecule has 0 spiro atoms. The van der Waals surface area contributed by atoms with Crippen LogP contribution in [0.25, 0.3) is 0 Å². The first-order valence-corrected chi connectivity index (χ1v) is 8.45. The van der Waals surface area contributed by atoms with E-state index in [-0.39, 0.29) is 6.04 Å². The zero-order valence-corrected chi connectivity index (χ0v) is 14.1. The molecule has 0 saturated carbocycles. The summed E-state index contributed by atoms with van der Waals surface area (Å²) in [6.07, 6.45) is 4.58. The molecule has 1 aliphatic rings. The number of likely N-dealkylation sites (N-methyl/N-ethyl adjacent to an activating group) is 1. The van der Waals surface area contributed by atoms with Crippen molar-refractivity contribution >= 4 is 17.3 Å². The predicted molar refractivity (Wildman–Crippen MR) is 92.4 cm³/mol. The normalized spacial score (nSPS) is 17.1. The predicted octanol–water partition coefficient (Wildman–Crippen LogP) is 3.15. The van der Waals surface area contributed by atoms with Crippen molar-refractivity contribution in [3.63, 3.8) is 0 Å². The van der Waals surface area contributed by atoms with Crippen molar-refractivity contribution in [3.8, 4) is 0 Å². The molecule has 1 aromatic carbocycles. The van der Waals surface area contributed by atoms with E-state index in [0.717, 1.165) is 36.6 Å². The average molecular weight is 310 g/mol. The van der Waals surface area contributed by atoms with Crippen molar-refractivity contribution in [2.45, 2.75) is 38.6 Å². The van der Waals surface area contributed by atoms with E-state index in [0.29, 0.717) is 0 Å². The summed E-state index contributed by atoms with van der Waals surface area (Å²) in [5.41, 5.74) is 8.35. The number of rotatable bonds is 7. The van der Waals surface area contributed by atoms with Gasteiger partial charge in [-0.15, -0.1) is 0 Å². The number of nitrogens with two attached hydrogens (primary N) is 1. The van der Waals surface area contributed by atoms with Crippen molar-refractivity contribution < 1.29 is 0 Å². The molecule has 1 unspecified atom stereocenters. The van der Waals surface area contributed by atoms with Crippen molar-refractivity contribution in [2.75, 3.05) is 38.1 Å². The standard InChI is InChI=1S/C17H28ClN3/c1-3-15(19)12-14-6-7-17(16(18)13-14)20(2)10-11-21-8-4-5-9-21/h6-7,13,15H,3-5,8-12,19H2,1-2H3. The summed E-state index contributed by atoms with van der Waals surface area (Å²) >= 11 is 6.45. The van der Waals surface area contributed by atoms with Crippen molar-refractivity contribution in [2.24, 2.45) is 5.73 Å². The number of hydrogen-bond acceptors (Lipinski definition) is 3. The van der Waals surface area contributed by atoms with Crippen LogP contribution < -0.4 is 10.6 Å². The molecule has 1 aromatic rings. The fraction of sp³-hybridized carbons (Fsp3) is 0.647. The first kappa shape index (κ1) is 16.6. The second-order valence-corrected chi connectivity index (χ2v) is 6.54. The topological polar surface area (TPSA) is 32.5 Å². The fourth-order valence-corrected chi connectivity index (χ4v) is 3.20. The first-order chi connectivity index (χ1) is 10.1. The molecule has 0 amide bonds. The summed E-state index contributed by atoms with van der Waals surface area (Å²) in [6, 6.07) is 6.58. The second-order valence-electron chi connectivity index (χ2n) is 6.13. The van der Waals surface area contributed by atoms with Gasteiger partial charge in [0.15, 0.2) is 0 Å². The van der Waals surface area contributed by atoms with Crippen LogP contribution >= 0.6 is 11.6 Å². The van der Waals surface area contributed by atoms with Gasteiger partial charge in [-0.05, 0) is 56.5 Å². The Balaban J connectivity index is 1.92. The van der Waals surface area contributed by atoms with E-state index in [2.05, 4.69) is 42.0 Å². The Bertz CT molecular complexity index is 444. The largest absolute Gasteiger partial charge is 0.372 e. The molecular formula is C17H28ClN3. The molecular weight excluding hydrogens is 282 g/mol. The Hall–Kier alpha value is -0.770. The van der Waals surface area contributed by atoms with Crippen molar-refractivity contribution in [1.82, 2.24) is 4.90 Å². The lowest BCUT2D eigenvalue weighted by Gasteiger charge is -2.24. The van der Waals surface area contributed by atoms with Crippen LogP contribution in [-0.4, -0.2) is 44.2 Å². The minimum Gasteiger partial charge on any atom is -0.372 e. The molecule has 0 radical (unpaired) electrons. The Kier molecular flexibility index (Phi) is 6.34. The SMILES string of the molecule is CCC(N)Cc1ccc(N(C)CCN2CCCC2)c(Cl)c1. The zero-order chi connectivity index (χ0) is 15.2. The maximum absolute atomic E-state index is 6.45. The fourth-order valence-electron chi connectivity index (χ4n) is 2.85. The highest BCUT2D eigenvalue weighted by Gasteiger charge is 2.13. The molecule has 2 N–H and O–H groups in total. The van der Waals surface area contributed by atoms with Crippen molar-refractivity contribution in [3.05, 3.63) is 28.8 Å². The van der Waals surface area contributed by atoms with E-state index in [1.165, 1.54) is 31.5 Å². The highest BCUT2D eigenvalue weighted by Crippen LogP contribution is 2.26. The molecule has 0 aromatic heterocycles. The molecule has 4 heteroatoms. The molecule has 3 nitrogen and oxygen atoms in total. The number of likely N-dealkylation sites (tertiary alicyclic amines) is 1. The average Bonchev–Trinajstić information content (AvgIpc) is 2.98. The van der Waals surface area contributed by atoms with Gasteiger partial charge in [0, 0.05) is 26.2 Å². The number of nitrogens with zero attached hydrogens (tertiary/aromatic N) is 2. The summed E-state index contributed by atoms with van der Waals surface area (Å²) < 4.78 is 0. The number of halogens is 1. The Morgan fingerprint density at radius 1 is 1.33 bits per heavy atom. The smallest absolute Gasteiger partial charge is 0.0642 e. The lowest BCUT2D eigenvalue weighted by molar-refractivity contribution is 0.346. The molecule has 0 bridgehead atoms. The van der Waals surface area contributed by atoms with Crippen LogP contribution in [0.5, 0.6) is 0 Å². The van der Waals surface area contributed by atoms with E-state index in [9.17, 15) is 0 Å². The summed E-state index contributed by atoms with van der Waals surface area (Å²) in [4.78, 5) is 4.78. The van der Waals surface area contributed by atoms with E-state index in [1.807, 2.05) is 0 Å². The molecule has 1 aliphatic heterocycles. The summed E-state index contributed by atoms with van der Waals surface area (Å²) in [6.45, 7) is 6.75. The van der Waals surface area contributed by atoms with Crippen LogP contribution in [0.2, 0.25) is 5.02 Å². The molecule has 118 valence electrons. The van der Waals surface area contributed by atoms with Crippen LogP contribution in [0.4, 0.5) is 5.69 Å². The Morgan fingerprint density at radius 3 is 2.67 bits per heavy atom. The maximum atomic E-state index is 6.45. The summed E-state index contributed by atoms with van der Waals surface area (Å²) in [5.74, 6) is 0. The second kappa shape index (κ2) is 8.02. The van der Waals surface area contributed by atoms with Gasteiger partial charge in [0.25, 0.3) is 0 Å². The molecule has 1 saturated heterocycles. The van der Waals surface area contributed by atoms with Gasteiger partial charge >= 0.3 is 0 Å². The van der Waals surface area contributed by atoms with Crippen LogP contribution in [0, 0.1) is 0 Å². The van der Waals surface area contributed by atoms with Gasteiger partial charge < -0.3 is 15.5 Å². The quantitative estimate of drug-likeness (QED) is 0.840. The van der Waals surface area contributed by atoms with Crippen LogP contribution in [-0.2, 0) is 6.42 Å². The van der Waals surface area contributed by atoms with Gasteiger partial charge in [0.05, 0.1) is 10.7 Å². The van der Waals surface area contributed by atoms with E-state index >= 15 is 0 Å². The minimum absolute atomic E-state index is 0.222. The lowest BCUT2D eigenvalue weighted by atomic mass is 10.0. The molecule has 1 heterocycles. The Morgan fingerprint density at radius 2 is 2.05 bits per heavy atom. The van der Waals surface area contributed by atoms with Crippen LogP contribution in [0.1, 0.15) is 31.7 Å². The molecule has 0 aliphatic carbocycles. The zero-order valence-electron chi connectivity index (χ0n) is 13.3. The molecule has 21 heavy (non-hydrogen) atoms. The molecule has 1 atom stereocenters. The third-order valence-electron chi connectivity index (χ3n) is 4.40. The van der Waals surface area contributed by atoms with Crippen LogP contribution in [0.3, 0.4) is 0 Å². The van der Waals surface area contributed by atoms with Gasteiger partial charge in [0.2, 0.25) is 0 Å². The summed E-state index contributed by atoms with van der Waals surface area (Å²) in [5, 5.41) is 0.833. The van der Waals surface area contributed by atoms with E-state index < -0.39 is 0 Å². The van der Waals surface area contributed by atoms with Gasteiger partial charge in [-0.25, -0.2) is 0 Å². The van der Waals surface area contributed by atoms with E-state index in [1.54, 1.807) is 0 Å². The lowest BCUT2D eigenvalue weighted by Crippen LogP contribution is -2.31. The number of hydrogen-bond donors (Lipinski definition) is 1. The van der Waals surface area contributed by atoms with Gasteiger partial charge in [-0.1, -0.05) is 24.6 Å². The van der Waals surface area contributed by atoms with Crippen molar-refractivity contribution in [1.29, 1.82) is 0 Å². The first-order valence-electron chi connectivity index (χ1n) is 8.07.